The van der Waals surface area contributed by atoms with Gasteiger partial charge < -0.3 is 4.90 Å². The Morgan fingerprint density at radius 1 is 0.429 bits per heavy atom. The molecule has 3 nitrogen and oxygen atoms in total. The third-order valence-electron chi connectivity index (χ3n) is 11.3. The highest BCUT2D eigenvalue weighted by molar-refractivity contribution is 5.99. The molecule has 0 fully saturated rings. The highest BCUT2D eigenvalue weighted by Gasteiger charge is 2.38. The van der Waals surface area contributed by atoms with Gasteiger partial charge >= 0.3 is 0 Å². The van der Waals surface area contributed by atoms with Crippen molar-refractivity contribution in [2.24, 2.45) is 0 Å². The Morgan fingerprint density at radius 3 is 1.77 bits per heavy atom. The van der Waals surface area contributed by atoms with Gasteiger partial charge in [0.15, 0.2) is 0 Å². The average molecular weight is 718 g/mol. The number of fused-ring (bicyclic) bond motifs is 4. The van der Waals surface area contributed by atoms with E-state index in [9.17, 15) is 0 Å². The molecule has 266 valence electrons. The monoisotopic (exact) mass is 717 g/mol. The molecular weight excluding hydrogens is 679 g/mol. The van der Waals surface area contributed by atoms with Crippen LogP contribution in [0.5, 0.6) is 0 Å². The number of pyridine rings is 2. The third kappa shape index (κ3) is 5.68. The summed E-state index contributed by atoms with van der Waals surface area (Å²) < 4.78 is 0. The van der Waals surface area contributed by atoms with Crippen molar-refractivity contribution in [1.82, 2.24) is 9.97 Å². The van der Waals surface area contributed by atoms with Gasteiger partial charge in [0.2, 0.25) is 0 Å². The zero-order valence-electron chi connectivity index (χ0n) is 31.4. The molecule has 56 heavy (non-hydrogen) atoms. The largest absolute Gasteiger partial charge is 0.309 e. The fourth-order valence-corrected chi connectivity index (χ4v) is 8.54. The Balaban J connectivity index is 1.12. The number of rotatable bonds is 7. The normalized spacial score (nSPS) is 12.6. The SMILES string of the molecule is CC1(C)c2ccccc2-c2c(N(c3ccc(-c4cc(-c5ccc(-c6ccccc6)cc5)nc5cccnc45)cc3)c3ccccc3-c3ccccc3)cccc21. The fraction of sp³-hybridized carbons (Fsp3) is 0.0566. The first-order chi connectivity index (χ1) is 27.5. The molecule has 0 bridgehead atoms. The van der Waals surface area contributed by atoms with E-state index in [-0.39, 0.29) is 5.41 Å². The van der Waals surface area contributed by atoms with Crippen molar-refractivity contribution < 1.29 is 0 Å². The second kappa shape index (κ2) is 13.6. The summed E-state index contributed by atoms with van der Waals surface area (Å²) in [4.78, 5) is 12.4. The van der Waals surface area contributed by atoms with Gasteiger partial charge in [-0.1, -0.05) is 166 Å². The molecule has 1 aliphatic rings. The zero-order valence-corrected chi connectivity index (χ0v) is 31.4. The summed E-state index contributed by atoms with van der Waals surface area (Å²) in [5.74, 6) is 0. The van der Waals surface area contributed by atoms with Crippen LogP contribution in [0.4, 0.5) is 17.1 Å². The van der Waals surface area contributed by atoms with E-state index in [0.717, 1.165) is 50.5 Å². The van der Waals surface area contributed by atoms with E-state index in [1.807, 2.05) is 18.3 Å². The van der Waals surface area contributed by atoms with Crippen LogP contribution in [0.2, 0.25) is 0 Å². The molecule has 0 amide bonds. The Kier molecular flexibility index (Phi) is 8.15. The molecule has 0 atom stereocenters. The Hall–Kier alpha value is -7.10. The molecule has 0 saturated carbocycles. The molecule has 0 saturated heterocycles. The lowest BCUT2D eigenvalue weighted by molar-refractivity contribution is 0.660. The van der Waals surface area contributed by atoms with Gasteiger partial charge in [0, 0.05) is 39.6 Å². The van der Waals surface area contributed by atoms with Crippen LogP contribution in [0, 0.1) is 0 Å². The van der Waals surface area contributed by atoms with Crippen LogP contribution in [-0.2, 0) is 5.41 Å². The van der Waals surface area contributed by atoms with E-state index >= 15 is 0 Å². The van der Waals surface area contributed by atoms with Gasteiger partial charge in [0.05, 0.1) is 28.1 Å². The van der Waals surface area contributed by atoms with Gasteiger partial charge in [-0.05, 0) is 81.4 Å². The molecule has 2 heterocycles. The quantitative estimate of drug-likeness (QED) is 0.164. The molecule has 1 aliphatic carbocycles. The molecular formula is C53H39N3. The molecule has 3 heteroatoms. The first kappa shape index (κ1) is 33.5. The predicted octanol–water partition coefficient (Wildman–Crippen LogP) is 14.1. The summed E-state index contributed by atoms with van der Waals surface area (Å²) in [7, 11) is 0. The molecule has 0 N–H and O–H groups in total. The summed E-state index contributed by atoms with van der Waals surface area (Å²) in [5, 5.41) is 0. The van der Waals surface area contributed by atoms with Crippen LogP contribution in [-0.4, -0.2) is 9.97 Å². The van der Waals surface area contributed by atoms with Gasteiger partial charge in [-0.2, -0.15) is 0 Å². The van der Waals surface area contributed by atoms with Crippen LogP contribution >= 0.6 is 0 Å². The Morgan fingerprint density at radius 2 is 1.00 bits per heavy atom. The van der Waals surface area contributed by atoms with Crippen LogP contribution < -0.4 is 4.90 Å². The minimum absolute atomic E-state index is 0.120. The smallest absolute Gasteiger partial charge is 0.0965 e. The Bertz CT molecular complexity index is 2860. The second-order valence-electron chi connectivity index (χ2n) is 15.0. The fourth-order valence-electron chi connectivity index (χ4n) is 8.54. The topological polar surface area (TPSA) is 29.0 Å². The van der Waals surface area contributed by atoms with Crippen molar-refractivity contribution in [1.29, 1.82) is 0 Å². The maximum Gasteiger partial charge on any atom is 0.0965 e. The molecule has 0 radical (unpaired) electrons. The van der Waals surface area contributed by atoms with Crippen LogP contribution in [0.15, 0.2) is 200 Å². The standard InChI is InChI=1S/C53H39N3/c1-53(2)45-21-11-9-20-43(45)51-46(53)22-13-25-50(51)56(49-24-12-10-19-42(49)38-17-7-4-8-18-38)41-32-30-39(31-33-41)44-35-48(55-47-23-14-34-54-52(44)47)40-28-26-37(27-29-40)36-15-5-3-6-16-36/h3-35H,1-2H3. The van der Waals surface area contributed by atoms with E-state index < -0.39 is 0 Å². The van der Waals surface area contributed by atoms with E-state index in [1.165, 1.54) is 44.5 Å². The molecule has 0 unspecified atom stereocenters. The van der Waals surface area contributed by atoms with Crippen molar-refractivity contribution in [3.8, 4) is 55.8 Å². The molecule has 9 aromatic rings. The third-order valence-corrected chi connectivity index (χ3v) is 11.3. The number of aromatic nitrogens is 2. The average Bonchev–Trinajstić information content (AvgIpc) is 3.51. The number of anilines is 3. The van der Waals surface area contributed by atoms with Crippen LogP contribution in [0.1, 0.15) is 25.0 Å². The predicted molar refractivity (Wildman–Crippen MR) is 234 cm³/mol. The lowest BCUT2D eigenvalue weighted by Gasteiger charge is -2.30. The highest BCUT2D eigenvalue weighted by Crippen LogP contribution is 2.55. The van der Waals surface area contributed by atoms with E-state index in [0.29, 0.717) is 0 Å². The number of hydrogen-bond donors (Lipinski definition) is 0. The maximum atomic E-state index is 5.09. The van der Waals surface area contributed by atoms with Crippen molar-refractivity contribution in [3.63, 3.8) is 0 Å². The van der Waals surface area contributed by atoms with Crippen molar-refractivity contribution >= 4 is 28.1 Å². The summed E-state index contributed by atoms with van der Waals surface area (Å²) in [6.45, 7) is 4.69. The number of para-hydroxylation sites is 1. The molecule has 0 spiro atoms. The van der Waals surface area contributed by atoms with Crippen molar-refractivity contribution in [2.45, 2.75) is 19.3 Å². The van der Waals surface area contributed by atoms with Gasteiger partial charge in [-0.3, -0.25) is 4.98 Å². The molecule has 10 rings (SSSR count). The van der Waals surface area contributed by atoms with E-state index in [4.69, 9.17) is 9.97 Å². The summed E-state index contributed by atoms with van der Waals surface area (Å²) in [6.07, 6.45) is 1.85. The van der Waals surface area contributed by atoms with Crippen LogP contribution in [0.3, 0.4) is 0 Å². The second-order valence-corrected chi connectivity index (χ2v) is 15.0. The van der Waals surface area contributed by atoms with Gasteiger partial charge in [0.25, 0.3) is 0 Å². The molecule has 0 aliphatic heterocycles. The van der Waals surface area contributed by atoms with Gasteiger partial charge in [-0.15, -0.1) is 0 Å². The van der Waals surface area contributed by atoms with Crippen LogP contribution in [0.25, 0.3) is 66.8 Å². The lowest BCUT2D eigenvalue weighted by atomic mass is 9.82. The summed E-state index contributed by atoms with van der Waals surface area (Å²) >= 11 is 0. The minimum Gasteiger partial charge on any atom is -0.309 e. The first-order valence-corrected chi connectivity index (χ1v) is 19.2. The highest BCUT2D eigenvalue weighted by atomic mass is 15.1. The van der Waals surface area contributed by atoms with E-state index in [2.05, 4.69) is 201 Å². The first-order valence-electron chi connectivity index (χ1n) is 19.2. The number of hydrogen-bond acceptors (Lipinski definition) is 3. The minimum atomic E-state index is -0.120. The van der Waals surface area contributed by atoms with Gasteiger partial charge in [0.1, 0.15) is 0 Å². The van der Waals surface area contributed by atoms with E-state index in [1.54, 1.807) is 0 Å². The number of benzene rings is 7. The Labute approximate surface area is 328 Å². The lowest BCUT2D eigenvalue weighted by Crippen LogP contribution is -2.16. The van der Waals surface area contributed by atoms with Crippen molar-refractivity contribution in [2.75, 3.05) is 4.90 Å². The molecule has 2 aromatic heterocycles. The zero-order chi connectivity index (χ0) is 37.6. The molecule has 7 aromatic carbocycles. The number of nitrogens with zero attached hydrogens (tertiary/aromatic N) is 3. The maximum absolute atomic E-state index is 5.09. The van der Waals surface area contributed by atoms with Crippen molar-refractivity contribution in [3.05, 3.63) is 211 Å². The van der Waals surface area contributed by atoms with Gasteiger partial charge in [-0.25, -0.2) is 4.98 Å². The summed E-state index contributed by atoms with van der Waals surface area (Å²) in [6, 6.07) is 69.5. The summed E-state index contributed by atoms with van der Waals surface area (Å²) in [5.41, 5.74) is 19.1.